The van der Waals surface area contributed by atoms with Gasteiger partial charge >= 0.3 is 0 Å². The molecule has 2 heterocycles. The van der Waals surface area contributed by atoms with Crippen molar-refractivity contribution in [3.63, 3.8) is 0 Å². The average molecular weight is 682 g/mol. The van der Waals surface area contributed by atoms with Gasteiger partial charge in [0.05, 0.1) is 23.6 Å². The molecule has 2 aromatic heterocycles. The number of nitrogens with zero attached hydrogens (tertiary/aromatic N) is 2. The van der Waals surface area contributed by atoms with E-state index in [9.17, 15) is 0 Å². The Balaban J connectivity index is 1.12. The van der Waals surface area contributed by atoms with Gasteiger partial charge in [-0.3, -0.25) is 0 Å². The van der Waals surface area contributed by atoms with Gasteiger partial charge in [-0.2, -0.15) is 0 Å². The third kappa shape index (κ3) is 4.68. The first-order valence-corrected chi connectivity index (χ1v) is 17.7. The maximum Gasteiger partial charge on any atom is 0.143 e. The molecule has 0 aliphatic carbocycles. The molecule has 0 saturated heterocycles. The minimum Gasteiger partial charge on any atom is -0.455 e. The third-order valence-electron chi connectivity index (χ3n) is 10.4. The number of rotatable bonds is 5. The van der Waals surface area contributed by atoms with Crippen molar-refractivity contribution in [2.24, 2.45) is 0 Å². The summed E-state index contributed by atoms with van der Waals surface area (Å²) in [5.41, 5.74) is 8.44. The van der Waals surface area contributed by atoms with Crippen LogP contribution in [0.25, 0.3) is 82.1 Å². The van der Waals surface area contributed by atoms with E-state index in [2.05, 4.69) is 131 Å². The Morgan fingerprint density at radius 3 is 1.89 bits per heavy atom. The van der Waals surface area contributed by atoms with Crippen LogP contribution in [0.15, 0.2) is 198 Å². The summed E-state index contributed by atoms with van der Waals surface area (Å²) < 4.78 is 50.7. The lowest BCUT2D eigenvalue weighted by atomic mass is 10.0. The molecule has 248 valence electrons. The van der Waals surface area contributed by atoms with E-state index in [1.165, 1.54) is 10.8 Å². The molecular weight excluding hydrogens is 645 g/mol. The molecule has 3 nitrogen and oxygen atoms in total. The SMILES string of the molecule is [2H]c1c([2H])c([2H])c(-c2ccc(N(c3ccc4ccc(-n5c6ccccc6c6ccccc65)cc4c3)c3cccc4c3ccc3c5ccccc5oc43)cc2)c([2H])c1[2H]. The highest BCUT2D eigenvalue weighted by atomic mass is 16.3. The fourth-order valence-corrected chi connectivity index (χ4v) is 8.02. The van der Waals surface area contributed by atoms with Crippen LogP contribution < -0.4 is 4.90 Å². The van der Waals surface area contributed by atoms with Gasteiger partial charge in [-0.15, -0.1) is 0 Å². The van der Waals surface area contributed by atoms with Crippen LogP contribution in [-0.2, 0) is 0 Å². The van der Waals surface area contributed by atoms with Crippen LogP contribution in [0.1, 0.15) is 6.85 Å². The van der Waals surface area contributed by atoms with E-state index in [-0.39, 0.29) is 29.7 Å². The molecule has 3 heteroatoms. The smallest absolute Gasteiger partial charge is 0.143 e. The number of fused-ring (bicyclic) bond motifs is 9. The van der Waals surface area contributed by atoms with Gasteiger partial charge in [-0.25, -0.2) is 0 Å². The Kier molecular flexibility index (Phi) is 5.52. The minimum absolute atomic E-state index is 0.171. The van der Waals surface area contributed by atoms with Crippen LogP contribution in [0.3, 0.4) is 0 Å². The molecule has 0 aliphatic rings. The van der Waals surface area contributed by atoms with E-state index >= 15 is 0 Å². The summed E-state index contributed by atoms with van der Waals surface area (Å²) in [5.74, 6) is 0. The Bertz CT molecular complexity index is 3400. The van der Waals surface area contributed by atoms with Crippen molar-refractivity contribution in [3.8, 4) is 16.8 Å². The zero-order chi connectivity index (χ0) is 39.2. The molecule has 0 fully saturated rings. The summed E-state index contributed by atoms with van der Waals surface area (Å²) in [6.45, 7) is 0. The van der Waals surface area contributed by atoms with Crippen molar-refractivity contribution >= 4 is 82.4 Å². The van der Waals surface area contributed by atoms with E-state index < -0.39 is 6.04 Å². The molecule has 0 amide bonds. The van der Waals surface area contributed by atoms with Gasteiger partial charge in [0.15, 0.2) is 0 Å². The van der Waals surface area contributed by atoms with Crippen LogP contribution in [0.5, 0.6) is 0 Å². The second-order valence-corrected chi connectivity index (χ2v) is 13.4. The second kappa shape index (κ2) is 11.7. The van der Waals surface area contributed by atoms with E-state index in [1.54, 1.807) is 0 Å². The van der Waals surface area contributed by atoms with Gasteiger partial charge in [0.1, 0.15) is 11.2 Å². The summed E-state index contributed by atoms with van der Waals surface area (Å²) in [6.07, 6.45) is 0. The van der Waals surface area contributed by atoms with Crippen LogP contribution in [0.2, 0.25) is 0 Å². The average Bonchev–Trinajstić information content (AvgIpc) is 3.82. The number of anilines is 3. The molecule has 0 atom stereocenters. The fraction of sp³-hybridized carbons (Fsp3) is 0. The minimum atomic E-state index is -0.409. The van der Waals surface area contributed by atoms with Crippen molar-refractivity contribution in [1.29, 1.82) is 0 Å². The Morgan fingerprint density at radius 1 is 0.453 bits per heavy atom. The van der Waals surface area contributed by atoms with Gasteiger partial charge in [0, 0.05) is 49.4 Å². The first-order valence-electron chi connectivity index (χ1n) is 20.2. The van der Waals surface area contributed by atoms with Crippen molar-refractivity contribution in [3.05, 3.63) is 194 Å². The highest BCUT2D eigenvalue weighted by molar-refractivity contribution is 6.18. The van der Waals surface area contributed by atoms with Crippen LogP contribution in [0.4, 0.5) is 17.1 Å². The van der Waals surface area contributed by atoms with E-state index in [4.69, 9.17) is 11.3 Å². The molecule has 11 rings (SSSR count). The summed E-state index contributed by atoms with van der Waals surface area (Å²) in [7, 11) is 0. The molecule has 0 radical (unpaired) electrons. The van der Waals surface area contributed by atoms with Crippen molar-refractivity contribution < 1.29 is 11.3 Å². The Hall–Kier alpha value is -7.10. The number of benzene rings is 9. The van der Waals surface area contributed by atoms with Gasteiger partial charge in [-0.1, -0.05) is 127 Å². The second-order valence-electron chi connectivity index (χ2n) is 13.4. The lowest BCUT2D eigenvalue weighted by Gasteiger charge is -2.27. The molecule has 0 aliphatic heterocycles. The summed E-state index contributed by atoms with van der Waals surface area (Å²) in [5, 5.41) is 8.70. The number of aromatic nitrogens is 1. The van der Waals surface area contributed by atoms with E-state index in [0.717, 1.165) is 77.3 Å². The molecule has 11 aromatic rings. The highest BCUT2D eigenvalue weighted by Crippen LogP contribution is 2.44. The summed E-state index contributed by atoms with van der Waals surface area (Å²) in [4.78, 5) is 2.22. The van der Waals surface area contributed by atoms with Crippen molar-refractivity contribution in [1.82, 2.24) is 4.57 Å². The molecule has 9 aromatic carbocycles. The third-order valence-corrected chi connectivity index (χ3v) is 10.4. The number of hydrogen-bond acceptors (Lipinski definition) is 2. The molecule has 0 unspecified atom stereocenters. The quantitative estimate of drug-likeness (QED) is 0.180. The van der Waals surface area contributed by atoms with Crippen LogP contribution in [0, 0.1) is 0 Å². The lowest BCUT2D eigenvalue weighted by Crippen LogP contribution is -2.10. The molecule has 0 spiro atoms. The predicted molar refractivity (Wildman–Crippen MR) is 223 cm³/mol. The first-order chi connectivity index (χ1) is 28.4. The number of para-hydroxylation sites is 3. The predicted octanol–water partition coefficient (Wildman–Crippen LogP) is 14.1. The van der Waals surface area contributed by atoms with Crippen molar-refractivity contribution in [2.75, 3.05) is 4.90 Å². The Morgan fingerprint density at radius 2 is 1.09 bits per heavy atom. The number of hydrogen-bond donors (Lipinski definition) is 0. The molecule has 53 heavy (non-hydrogen) atoms. The maximum atomic E-state index is 8.62. The van der Waals surface area contributed by atoms with Gasteiger partial charge in [0.25, 0.3) is 0 Å². The standard InChI is InChI=1S/C50H32N2O/c1-2-11-33(12-3-1)34-21-25-37(26-22-34)51(46-19-10-16-44-42(46)29-30-45-43-15-6-9-20-49(43)53-50(44)45)38-27-23-35-24-28-39(32-36(35)31-38)52-47-17-7-4-13-40(47)41-14-5-8-18-48(41)52/h1-32H/i1D,2D,3D,11D,12D. The maximum absolute atomic E-state index is 8.62. The summed E-state index contributed by atoms with van der Waals surface area (Å²) in [6, 6.07) is 54.8. The van der Waals surface area contributed by atoms with E-state index in [1.807, 2.05) is 42.5 Å². The van der Waals surface area contributed by atoms with Gasteiger partial charge in [0.2, 0.25) is 0 Å². The largest absolute Gasteiger partial charge is 0.455 e. The molecule has 0 saturated carbocycles. The summed E-state index contributed by atoms with van der Waals surface area (Å²) >= 11 is 0. The van der Waals surface area contributed by atoms with Crippen LogP contribution >= 0.6 is 0 Å². The zero-order valence-corrected chi connectivity index (χ0v) is 28.4. The molecular formula is C50H32N2O. The molecule has 0 N–H and O–H groups in total. The fourth-order valence-electron chi connectivity index (χ4n) is 8.02. The Labute approximate surface area is 313 Å². The van der Waals surface area contributed by atoms with Crippen LogP contribution in [-0.4, -0.2) is 4.57 Å². The van der Waals surface area contributed by atoms with Gasteiger partial charge in [-0.05, 0) is 88.6 Å². The lowest BCUT2D eigenvalue weighted by molar-refractivity contribution is 0.672. The highest BCUT2D eigenvalue weighted by Gasteiger charge is 2.19. The normalized spacial score (nSPS) is 13.1. The first kappa shape index (κ1) is 25.0. The number of furan rings is 1. The van der Waals surface area contributed by atoms with Gasteiger partial charge < -0.3 is 13.9 Å². The zero-order valence-electron chi connectivity index (χ0n) is 33.4. The molecule has 0 bridgehead atoms. The monoisotopic (exact) mass is 681 g/mol. The van der Waals surface area contributed by atoms with Crippen molar-refractivity contribution in [2.45, 2.75) is 0 Å². The topological polar surface area (TPSA) is 21.3 Å². The van der Waals surface area contributed by atoms with E-state index in [0.29, 0.717) is 5.56 Å².